The number of carbonyl (C=O) groups is 1. The summed E-state index contributed by atoms with van der Waals surface area (Å²) in [5.41, 5.74) is 4.44. The molecular weight excluding hydrogens is 449 g/mol. The minimum absolute atomic E-state index is 0.134. The zero-order chi connectivity index (χ0) is 24.3. The fourth-order valence-electron chi connectivity index (χ4n) is 3.54. The zero-order valence-corrected chi connectivity index (χ0v) is 20.0. The molecule has 2 aromatic carbocycles. The van der Waals surface area contributed by atoms with Gasteiger partial charge in [-0.15, -0.1) is 11.3 Å². The standard InChI is InChI=1S/C26H24FN5OS/c1-26(2,3)32-24(19-8-10-20(27)11-9-19)22(15-30-32)25-31-21(16-34-25)12-23(33)29-14-18-6-4-17(13-28)5-7-18/h4-11,15-16H,12,14H2,1-3H3,(H,29,33). The van der Waals surface area contributed by atoms with Crippen molar-refractivity contribution >= 4 is 17.2 Å². The quantitative estimate of drug-likeness (QED) is 0.412. The molecule has 0 aliphatic rings. The highest BCUT2D eigenvalue weighted by Crippen LogP contribution is 2.36. The second-order valence-corrected chi connectivity index (χ2v) is 9.76. The fraction of sp³-hybridized carbons (Fsp3) is 0.231. The largest absolute Gasteiger partial charge is 0.352 e. The molecule has 0 unspecified atom stereocenters. The smallest absolute Gasteiger partial charge is 0.226 e. The van der Waals surface area contributed by atoms with Crippen molar-refractivity contribution in [2.24, 2.45) is 0 Å². The van der Waals surface area contributed by atoms with Gasteiger partial charge in [-0.2, -0.15) is 10.4 Å². The SMILES string of the molecule is CC(C)(C)n1ncc(-c2nc(CC(=O)NCc3ccc(C#N)cc3)cs2)c1-c1ccc(F)cc1. The molecule has 0 fully saturated rings. The summed E-state index contributed by atoms with van der Waals surface area (Å²) >= 11 is 1.45. The van der Waals surface area contributed by atoms with Crippen molar-refractivity contribution in [1.29, 1.82) is 5.26 Å². The highest BCUT2D eigenvalue weighted by Gasteiger charge is 2.24. The van der Waals surface area contributed by atoms with Crippen molar-refractivity contribution in [3.05, 3.63) is 82.7 Å². The van der Waals surface area contributed by atoms with Gasteiger partial charge in [0.15, 0.2) is 0 Å². The van der Waals surface area contributed by atoms with E-state index >= 15 is 0 Å². The van der Waals surface area contributed by atoms with Crippen molar-refractivity contribution < 1.29 is 9.18 Å². The van der Waals surface area contributed by atoms with Crippen molar-refractivity contribution in [3.8, 4) is 27.9 Å². The van der Waals surface area contributed by atoms with E-state index in [2.05, 4.69) is 37.3 Å². The molecule has 0 saturated carbocycles. The predicted octanol–water partition coefficient (Wildman–Crippen LogP) is 5.30. The number of hydrogen-bond acceptors (Lipinski definition) is 5. The molecule has 2 aromatic heterocycles. The van der Waals surface area contributed by atoms with Gasteiger partial charge in [0.2, 0.25) is 5.91 Å². The number of amides is 1. The van der Waals surface area contributed by atoms with Crippen molar-refractivity contribution in [3.63, 3.8) is 0 Å². The van der Waals surface area contributed by atoms with Crippen molar-refractivity contribution in [2.75, 3.05) is 0 Å². The minimum Gasteiger partial charge on any atom is -0.352 e. The van der Waals surface area contributed by atoms with Crippen LogP contribution in [-0.2, 0) is 23.3 Å². The Hall–Kier alpha value is -3.83. The molecule has 8 heteroatoms. The maximum absolute atomic E-state index is 13.5. The second kappa shape index (κ2) is 9.57. The van der Waals surface area contributed by atoms with Gasteiger partial charge in [0.05, 0.1) is 46.7 Å². The maximum Gasteiger partial charge on any atom is 0.226 e. The lowest BCUT2D eigenvalue weighted by molar-refractivity contribution is -0.120. The normalized spacial score (nSPS) is 11.3. The summed E-state index contributed by atoms with van der Waals surface area (Å²) in [4.78, 5) is 17.2. The summed E-state index contributed by atoms with van der Waals surface area (Å²) < 4.78 is 15.5. The van der Waals surface area contributed by atoms with Gasteiger partial charge >= 0.3 is 0 Å². The van der Waals surface area contributed by atoms with Crippen LogP contribution in [0.25, 0.3) is 21.8 Å². The molecule has 0 spiro atoms. The van der Waals surface area contributed by atoms with Gasteiger partial charge in [0.1, 0.15) is 10.8 Å². The van der Waals surface area contributed by atoms with Crippen molar-refractivity contribution in [1.82, 2.24) is 20.1 Å². The lowest BCUT2D eigenvalue weighted by Gasteiger charge is -2.23. The Morgan fingerprint density at radius 3 is 2.50 bits per heavy atom. The summed E-state index contributed by atoms with van der Waals surface area (Å²) in [6, 6.07) is 15.5. The van der Waals surface area contributed by atoms with E-state index in [0.717, 1.165) is 27.4 Å². The van der Waals surface area contributed by atoms with Crippen LogP contribution in [0.5, 0.6) is 0 Å². The Kier molecular flexibility index (Phi) is 6.57. The van der Waals surface area contributed by atoms with Crippen LogP contribution in [0.2, 0.25) is 0 Å². The molecule has 0 atom stereocenters. The summed E-state index contributed by atoms with van der Waals surface area (Å²) in [6.07, 6.45) is 1.93. The molecule has 34 heavy (non-hydrogen) atoms. The fourth-order valence-corrected chi connectivity index (χ4v) is 4.37. The van der Waals surface area contributed by atoms with Gasteiger partial charge in [0, 0.05) is 17.5 Å². The van der Waals surface area contributed by atoms with Crippen LogP contribution >= 0.6 is 11.3 Å². The Balaban J connectivity index is 1.52. The van der Waals surface area contributed by atoms with E-state index in [4.69, 9.17) is 10.2 Å². The number of aromatic nitrogens is 3. The molecule has 4 rings (SSSR count). The molecule has 0 aliphatic heterocycles. The van der Waals surface area contributed by atoms with Gasteiger partial charge in [-0.1, -0.05) is 12.1 Å². The van der Waals surface area contributed by atoms with Crippen LogP contribution in [0.4, 0.5) is 4.39 Å². The lowest BCUT2D eigenvalue weighted by Crippen LogP contribution is -2.24. The van der Waals surface area contributed by atoms with E-state index in [1.54, 1.807) is 30.5 Å². The number of thiazole rings is 1. The van der Waals surface area contributed by atoms with Gasteiger partial charge in [-0.25, -0.2) is 9.37 Å². The molecule has 0 bridgehead atoms. The summed E-state index contributed by atoms with van der Waals surface area (Å²) in [5.74, 6) is -0.430. The Labute approximate surface area is 201 Å². The zero-order valence-electron chi connectivity index (χ0n) is 19.2. The number of nitrogens with one attached hydrogen (secondary N) is 1. The average Bonchev–Trinajstić information content (AvgIpc) is 3.45. The van der Waals surface area contributed by atoms with E-state index in [1.165, 1.54) is 23.5 Å². The summed E-state index contributed by atoms with van der Waals surface area (Å²) in [5, 5.41) is 19.0. The van der Waals surface area contributed by atoms with Crippen LogP contribution < -0.4 is 5.32 Å². The number of hydrogen-bond donors (Lipinski definition) is 1. The van der Waals surface area contributed by atoms with E-state index in [1.807, 2.05) is 22.2 Å². The predicted molar refractivity (Wildman–Crippen MR) is 130 cm³/mol. The number of carbonyl (C=O) groups excluding carboxylic acids is 1. The molecule has 1 amide bonds. The third-order valence-electron chi connectivity index (χ3n) is 5.22. The molecule has 0 radical (unpaired) electrons. The average molecular weight is 474 g/mol. The topological polar surface area (TPSA) is 83.6 Å². The monoisotopic (exact) mass is 473 g/mol. The molecule has 172 valence electrons. The summed E-state index contributed by atoms with van der Waals surface area (Å²) in [7, 11) is 0. The number of nitrogens with zero attached hydrogens (tertiary/aromatic N) is 4. The number of rotatable bonds is 6. The highest BCUT2D eigenvalue weighted by atomic mass is 32.1. The molecule has 1 N–H and O–H groups in total. The third-order valence-corrected chi connectivity index (χ3v) is 6.14. The molecule has 0 aliphatic carbocycles. The first-order chi connectivity index (χ1) is 16.2. The third kappa shape index (κ3) is 5.21. The Morgan fingerprint density at radius 2 is 1.85 bits per heavy atom. The summed E-state index contributed by atoms with van der Waals surface area (Å²) in [6.45, 7) is 6.56. The number of benzene rings is 2. The molecule has 6 nitrogen and oxygen atoms in total. The van der Waals surface area contributed by atoms with Crippen LogP contribution in [0, 0.1) is 17.1 Å². The maximum atomic E-state index is 13.5. The van der Waals surface area contributed by atoms with Crippen LogP contribution in [-0.4, -0.2) is 20.7 Å². The number of nitriles is 1. The van der Waals surface area contributed by atoms with Crippen LogP contribution in [0.15, 0.2) is 60.1 Å². The Bertz CT molecular complexity index is 1340. The van der Waals surface area contributed by atoms with Gasteiger partial charge < -0.3 is 5.32 Å². The Morgan fingerprint density at radius 1 is 1.15 bits per heavy atom. The minimum atomic E-state index is -0.296. The van der Waals surface area contributed by atoms with Gasteiger partial charge in [-0.05, 0) is 62.7 Å². The van der Waals surface area contributed by atoms with E-state index in [9.17, 15) is 9.18 Å². The van der Waals surface area contributed by atoms with E-state index < -0.39 is 0 Å². The first-order valence-electron chi connectivity index (χ1n) is 10.8. The first kappa shape index (κ1) is 23.3. The van der Waals surface area contributed by atoms with E-state index in [0.29, 0.717) is 17.8 Å². The van der Waals surface area contributed by atoms with Crippen molar-refractivity contribution in [2.45, 2.75) is 39.3 Å². The van der Waals surface area contributed by atoms with Crippen LogP contribution in [0.1, 0.15) is 37.6 Å². The number of halogens is 1. The molecular formula is C26H24FN5OS. The second-order valence-electron chi connectivity index (χ2n) is 8.90. The van der Waals surface area contributed by atoms with E-state index in [-0.39, 0.29) is 23.7 Å². The first-order valence-corrected chi connectivity index (χ1v) is 11.7. The molecule has 0 saturated heterocycles. The highest BCUT2D eigenvalue weighted by molar-refractivity contribution is 7.13. The van der Waals surface area contributed by atoms with Gasteiger partial charge in [-0.3, -0.25) is 9.48 Å². The van der Waals surface area contributed by atoms with Crippen LogP contribution in [0.3, 0.4) is 0 Å². The lowest BCUT2D eigenvalue weighted by atomic mass is 10.0. The molecule has 2 heterocycles. The van der Waals surface area contributed by atoms with Gasteiger partial charge in [0.25, 0.3) is 0 Å². The molecule has 4 aromatic rings.